The molecule has 0 aliphatic carbocycles. The Balaban J connectivity index is 1.50. The van der Waals surface area contributed by atoms with Gasteiger partial charge in [0.25, 0.3) is 5.91 Å². The summed E-state index contributed by atoms with van der Waals surface area (Å²) >= 11 is 1.30. The number of hydrogen-bond donors (Lipinski definition) is 2. The molecule has 3 rings (SSSR count). The number of amides is 3. The van der Waals surface area contributed by atoms with Crippen LogP contribution >= 0.6 is 11.3 Å². The van der Waals surface area contributed by atoms with Gasteiger partial charge in [-0.05, 0) is 44.4 Å². The lowest BCUT2D eigenvalue weighted by atomic mass is 9.95. The van der Waals surface area contributed by atoms with Gasteiger partial charge in [0.2, 0.25) is 11.8 Å². The summed E-state index contributed by atoms with van der Waals surface area (Å²) in [6.07, 6.45) is 1.10. The molecule has 1 fully saturated rings. The molecule has 1 saturated heterocycles. The first-order valence-electron chi connectivity index (χ1n) is 10.4. The Bertz CT molecular complexity index is 1010. The number of rotatable bonds is 6. The van der Waals surface area contributed by atoms with Crippen molar-refractivity contribution in [2.24, 2.45) is 5.92 Å². The summed E-state index contributed by atoms with van der Waals surface area (Å²) in [6.45, 7) is 5.47. The Morgan fingerprint density at radius 1 is 1.06 bits per heavy atom. The third-order valence-corrected chi connectivity index (χ3v) is 6.59. The highest BCUT2D eigenvalue weighted by Gasteiger charge is 2.28. The van der Waals surface area contributed by atoms with E-state index in [1.54, 1.807) is 11.8 Å². The van der Waals surface area contributed by atoms with Gasteiger partial charge in [0, 0.05) is 36.5 Å². The molecule has 0 saturated carbocycles. The SMILES string of the molecule is CC(=O)Nc1sc(C)c(C)c1C(=O)OCC(=O)N1CCC(C(=O)Nc2ccccc2)CC1. The van der Waals surface area contributed by atoms with E-state index in [4.69, 9.17) is 4.74 Å². The third-order valence-electron chi connectivity index (χ3n) is 5.47. The fraction of sp³-hybridized carbons (Fsp3) is 0.391. The molecule has 2 N–H and O–H groups in total. The fourth-order valence-corrected chi connectivity index (χ4v) is 4.66. The molecule has 0 bridgehead atoms. The Morgan fingerprint density at radius 3 is 2.34 bits per heavy atom. The van der Waals surface area contributed by atoms with Crippen molar-refractivity contribution in [3.05, 3.63) is 46.3 Å². The van der Waals surface area contributed by atoms with E-state index in [1.807, 2.05) is 37.3 Å². The lowest BCUT2D eigenvalue weighted by Crippen LogP contribution is -2.43. The Morgan fingerprint density at radius 2 is 1.72 bits per heavy atom. The first-order chi connectivity index (χ1) is 15.3. The lowest BCUT2D eigenvalue weighted by Gasteiger charge is -2.31. The first-order valence-corrected chi connectivity index (χ1v) is 11.3. The number of nitrogens with one attached hydrogen (secondary N) is 2. The van der Waals surface area contributed by atoms with E-state index in [0.29, 0.717) is 30.9 Å². The maximum Gasteiger partial charge on any atom is 0.341 e. The number of likely N-dealkylation sites (tertiary alicyclic amines) is 1. The number of thiophene rings is 1. The highest BCUT2D eigenvalue weighted by molar-refractivity contribution is 7.16. The van der Waals surface area contributed by atoms with Crippen molar-refractivity contribution in [2.75, 3.05) is 30.3 Å². The molecule has 0 radical (unpaired) electrons. The van der Waals surface area contributed by atoms with Gasteiger partial charge in [0.15, 0.2) is 6.61 Å². The molecule has 1 aliphatic rings. The monoisotopic (exact) mass is 457 g/mol. The van der Waals surface area contributed by atoms with Crippen molar-refractivity contribution < 1.29 is 23.9 Å². The van der Waals surface area contributed by atoms with E-state index in [1.165, 1.54) is 18.3 Å². The van der Waals surface area contributed by atoms with Crippen molar-refractivity contribution in [2.45, 2.75) is 33.6 Å². The average molecular weight is 458 g/mol. The van der Waals surface area contributed by atoms with E-state index in [-0.39, 0.29) is 35.8 Å². The number of ether oxygens (including phenoxy) is 1. The fourth-order valence-electron chi connectivity index (χ4n) is 3.57. The zero-order valence-electron chi connectivity index (χ0n) is 18.4. The molecular weight excluding hydrogens is 430 g/mol. The van der Waals surface area contributed by atoms with Crippen LogP contribution in [0.15, 0.2) is 30.3 Å². The van der Waals surface area contributed by atoms with Crippen molar-refractivity contribution in [1.82, 2.24) is 4.90 Å². The van der Waals surface area contributed by atoms with E-state index in [0.717, 1.165) is 16.1 Å². The summed E-state index contributed by atoms with van der Waals surface area (Å²) in [5, 5.41) is 5.97. The summed E-state index contributed by atoms with van der Waals surface area (Å²) in [4.78, 5) is 51.5. The summed E-state index contributed by atoms with van der Waals surface area (Å²) in [5.74, 6) is -1.44. The molecule has 0 unspecified atom stereocenters. The molecule has 1 aromatic carbocycles. The van der Waals surface area contributed by atoms with Crippen LogP contribution in [0, 0.1) is 19.8 Å². The maximum absolute atomic E-state index is 12.6. The number of nitrogens with zero attached hydrogens (tertiary/aromatic N) is 1. The molecule has 1 aromatic heterocycles. The number of aryl methyl sites for hydroxylation is 1. The van der Waals surface area contributed by atoms with Gasteiger partial charge in [-0.2, -0.15) is 0 Å². The van der Waals surface area contributed by atoms with Crippen LogP contribution in [0.1, 0.15) is 40.6 Å². The predicted octanol–water partition coefficient (Wildman–Crippen LogP) is 3.36. The van der Waals surface area contributed by atoms with Gasteiger partial charge >= 0.3 is 5.97 Å². The van der Waals surface area contributed by atoms with Gasteiger partial charge in [-0.3, -0.25) is 14.4 Å². The molecule has 1 aliphatic heterocycles. The van der Waals surface area contributed by atoms with Crippen LogP contribution in [0.2, 0.25) is 0 Å². The van der Waals surface area contributed by atoms with Gasteiger partial charge in [-0.25, -0.2) is 4.79 Å². The van der Waals surface area contributed by atoms with E-state index < -0.39 is 5.97 Å². The summed E-state index contributed by atoms with van der Waals surface area (Å²) in [7, 11) is 0. The minimum Gasteiger partial charge on any atom is -0.452 e. The molecular formula is C23H27N3O5S. The van der Waals surface area contributed by atoms with Crippen LogP contribution in [0.4, 0.5) is 10.7 Å². The molecule has 3 amide bonds. The second kappa shape index (κ2) is 10.4. The maximum atomic E-state index is 12.6. The van der Waals surface area contributed by atoms with Crippen LogP contribution in [0.5, 0.6) is 0 Å². The predicted molar refractivity (Wildman–Crippen MR) is 123 cm³/mol. The minimum absolute atomic E-state index is 0.0523. The van der Waals surface area contributed by atoms with Gasteiger partial charge < -0.3 is 20.3 Å². The highest BCUT2D eigenvalue weighted by atomic mass is 32.1. The van der Waals surface area contributed by atoms with Gasteiger partial charge in [-0.1, -0.05) is 18.2 Å². The second-order valence-electron chi connectivity index (χ2n) is 7.76. The van der Waals surface area contributed by atoms with E-state index in [2.05, 4.69) is 10.6 Å². The first kappa shape index (κ1) is 23.5. The Labute approximate surface area is 190 Å². The topological polar surface area (TPSA) is 105 Å². The van der Waals surface area contributed by atoms with Crippen molar-refractivity contribution in [3.8, 4) is 0 Å². The number of carbonyl (C=O) groups excluding carboxylic acids is 4. The molecule has 9 heteroatoms. The van der Waals surface area contributed by atoms with Crippen molar-refractivity contribution >= 4 is 45.7 Å². The summed E-state index contributed by atoms with van der Waals surface area (Å²) in [5.41, 5.74) is 1.76. The molecule has 170 valence electrons. The number of para-hydroxylation sites is 1. The molecule has 32 heavy (non-hydrogen) atoms. The Hall–Kier alpha value is -3.20. The molecule has 2 aromatic rings. The van der Waals surface area contributed by atoms with Crippen LogP contribution < -0.4 is 10.6 Å². The standard InChI is InChI=1S/C23H27N3O5S/c1-14-15(2)32-22(24-16(3)27)20(14)23(30)31-13-19(28)26-11-9-17(10-12-26)21(29)25-18-7-5-4-6-8-18/h4-8,17H,9-13H2,1-3H3,(H,24,27)(H,25,29). The zero-order chi connectivity index (χ0) is 23.3. The minimum atomic E-state index is -0.638. The smallest absolute Gasteiger partial charge is 0.341 e. The molecule has 0 atom stereocenters. The van der Waals surface area contributed by atoms with Crippen molar-refractivity contribution in [3.63, 3.8) is 0 Å². The van der Waals surface area contributed by atoms with Crippen LogP contribution in [0.25, 0.3) is 0 Å². The number of esters is 1. The van der Waals surface area contributed by atoms with Crippen molar-refractivity contribution in [1.29, 1.82) is 0 Å². The summed E-state index contributed by atoms with van der Waals surface area (Å²) < 4.78 is 5.26. The zero-order valence-corrected chi connectivity index (χ0v) is 19.2. The van der Waals surface area contributed by atoms with Crippen LogP contribution in [0.3, 0.4) is 0 Å². The van der Waals surface area contributed by atoms with E-state index in [9.17, 15) is 19.2 Å². The largest absolute Gasteiger partial charge is 0.452 e. The normalized spacial score (nSPS) is 14.0. The van der Waals surface area contributed by atoms with E-state index >= 15 is 0 Å². The molecule has 2 heterocycles. The van der Waals surface area contributed by atoms with Crippen LogP contribution in [-0.4, -0.2) is 48.3 Å². The van der Waals surface area contributed by atoms with Gasteiger partial charge in [0.1, 0.15) is 5.00 Å². The molecule has 0 spiro atoms. The quantitative estimate of drug-likeness (QED) is 0.647. The van der Waals surface area contributed by atoms with Gasteiger partial charge in [-0.15, -0.1) is 11.3 Å². The number of carbonyl (C=O) groups is 4. The second-order valence-corrected chi connectivity index (χ2v) is 8.98. The van der Waals surface area contributed by atoms with Gasteiger partial charge in [0.05, 0.1) is 5.56 Å². The third kappa shape index (κ3) is 5.73. The average Bonchev–Trinajstić information content (AvgIpc) is 3.05. The summed E-state index contributed by atoms with van der Waals surface area (Å²) in [6, 6.07) is 9.26. The molecule has 8 nitrogen and oxygen atoms in total. The van der Waals surface area contributed by atoms with Crippen LogP contribution in [-0.2, 0) is 19.1 Å². The highest BCUT2D eigenvalue weighted by Crippen LogP contribution is 2.33. The lowest BCUT2D eigenvalue weighted by molar-refractivity contribution is -0.137. The number of benzene rings is 1. The number of anilines is 2. The Kier molecular flexibility index (Phi) is 7.63. The number of piperidine rings is 1. The number of hydrogen-bond acceptors (Lipinski definition) is 6.